The predicted octanol–water partition coefficient (Wildman–Crippen LogP) is 2.12. The third-order valence-corrected chi connectivity index (χ3v) is 6.07. The summed E-state index contributed by atoms with van der Waals surface area (Å²) in [4.78, 5) is 29.4. The van der Waals surface area contributed by atoms with E-state index >= 15 is 0 Å². The number of nitrogens with one attached hydrogen (secondary N) is 2. The monoisotopic (exact) mass is 422 g/mol. The molecule has 2 aromatic carbocycles. The summed E-state index contributed by atoms with van der Waals surface area (Å²) in [6.45, 7) is 6.31. The molecule has 2 heterocycles. The summed E-state index contributed by atoms with van der Waals surface area (Å²) in [6.07, 6.45) is 1.03. The number of anilines is 2. The van der Waals surface area contributed by atoms with E-state index in [1.54, 1.807) is 12.1 Å². The number of fused-ring (bicyclic) bond motifs is 1. The van der Waals surface area contributed by atoms with Crippen molar-refractivity contribution in [3.63, 3.8) is 0 Å². The lowest BCUT2D eigenvalue weighted by atomic mass is 10.0. The van der Waals surface area contributed by atoms with Crippen LogP contribution in [0.3, 0.4) is 0 Å². The van der Waals surface area contributed by atoms with Crippen LogP contribution >= 0.6 is 0 Å². The van der Waals surface area contributed by atoms with E-state index in [0.29, 0.717) is 25.4 Å². The van der Waals surface area contributed by atoms with E-state index in [1.807, 2.05) is 19.1 Å². The second-order valence-electron chi connectivity index (χ2n) is 8.25. The molecule has 0 aliphatic carbocycles. The summed E-state index contributed by atoms with van der Waals surface area (Å²) < 4.78 is 5.51. The van der Waals surface area contributed by atoms with Gasteiger partial charge in [-0.2, -0.15) is 0 Å². The number of carbonyl (C=O) groups excluding carboxylic acids is 2. The van der Waals surface area contributed by atoms with E-state index in [-0.39, 0.29) is 6.04 Å². The van der Waals surface area contributed by atoms with E-state index < -0.39 is 11.8 Å². The highest BCUT2D eigenvalue weighted by atomic mass is 16.5. The van der Waals surface area contributed by atoms with Gasteiger partial charge >= 0.3 is 11.8 Å². The van der Waals surface area contributed by atoms with Crippen LogP contribution in [0.4, 0.5) is 11.4 Å². The average molecular weight is 423 g/mol. The Morgan fingerprint density at radius 2 is 1.77 bits per heavy atom. The van der Waals surface area contributed by atoms with Gasteiger partial charge in [0, 0.05) is 44.6 Å². The van der Waals surface area contributed by atoms with Gasteiger partial charge in [0.15, 0.2) is 0 Å². The number of aryl methyl sites for hydroxylation is 1. The maximum Gasteiger partial charge on any atom is 0.313 e. The largest absolute Gasteiger partial charge is 0.379 e. The summed E-state index contributed by atoms with van der Waals surface area (Å²) in [6, 6.07) is 13.9. The van der Waals surface area contributed by atoms with Gasteiger partial charge in [0.05, 0.1) is 19.3 Å². The lowest BCUT2D eigenvalue weighted by molar-refractivity contribution is -0.136. The van der Waals surface area contributed by atoms with Crippen LogP contribution in [0.1, 0.15) is 22.7 Å². The van der Waals surface area contributed by atoms with Gasteiger partial charge in [0.2, 0.25) is 0 Å². The molecule has 164 valence electrons. The smallest absolute Gasteiger partial charge is 0.313 e. The molecule has 31 heavy (non-hydrogen) atoms. The van der Waals surface area contributed by atoms with Crippen molar-refractivity contribution in [3.05, 3.63) is 59.2 Å². The normalized spacial score (nSPS) is 17.2. The van der Waals surface area contributed by atoms with Crippen molar-refractivity contribution < 1.29 is 14.3 Å². The van der Waals surface area contributed by atoms with Crippen LogP contribution in [0.25, 0.3) is 0 Å². The maximum absolute atomic E-state index is 12.5. The van der Waals surface area contributed by atoms with Gasteiger partial charge in [-0.3, -0.25) is 14.5 Å². The number of ether oxygens (including phenoxy) is 1. The fourth-order valence-electron chi connectivity index (χ4n) is 4.24. The van der Waals surface area contributed by atoms with Crippen LogP contribution in [0, 0.1) is 6.92 Å². The van der Waals surface area contributed by atoms with Gasteiger partial charge in [-0.15, -0.1) is 0 Å². The van der Waals surface area contributed by atoms with Crippen molar-refractivity contribution in [1.29, 1.82) is 0 Å². The number of morpholine rings is 1. The highest BCUT2D eigenvalue weighted by Gasteiger charge is 2.26. The second-order valence-corrected chi connectivity index (χ2v) is 8.25. The number of hydrogen-bond donors (Lipinski definition) is 2. The van der Waals surface area contributed by atoms with E-state index in [1.165, 1.54) is 11.3 Å². The summed E-state index contributed by atoms with van der Waals surface area (Å²) in [7, 11) is 2.11. The molecule has 2 amide bonds. The van der Waals surface area contributed by atoms with E-state index in [0.717, 1.165) is 37.2 Å². The van der Waals surface area contributed by atoms with Crippen molar-refractivity contribution in [3.8, 4) is 0 Å². The third kappa shape index (κ3) is 5.06. The molecule has 2 aliphatic rings. The zero-order valence-electron chi connectivity index (χ0n) is 18.2. The molecule has 0 aromatic heterocycles. The lowest BCUT2D eigenvalue weighted by Gasteiger charge is -2.35. The molecular weight excluding hydrogens is 392 g/mol. The van der Waals surface area contributed by atoms with Crippen molar-refractivity contribution in [2.24, 2.45) is 0 Å². The molecule has 0 bridgehead atoms. The van der Waals surface area contributed by atoms with Gasteiger partial charge in [0.1, 0.15) is 0 Å². The number of nitrogens with zero attached hydrogens (tertiary/aromatic N) is 2. The Balaban J connectivity index is 1.44. The van der Waals surface area contributed by atoms with Crippen LogP contribution in [-0.4, -0.2) is 63.2 Å². The summed E-state index contributed by atoms with van der Waals surface area (Å²) in [5.74, 6) is -1.28. The quantitative estimate of drug-likeness (QED) is 0.722. The molecule has 2 aliphatic heterocycles. The summed E-state index contributed by atoms with van der Waals surface area (Å²) in [5.41, 5.74) is 5.47. The fraction of sp³-hybridized carbons (Fsp3) is 0.417. The predicted molar refractivity (Wildman–Crippen MR) is 121 cm³/mol. The highest BCUT2D eigenvalue weighted by molar-refractivity contribution is 6.39. The lowest BCUT2D eigenvalue weighted by Crippen LogP contribution is -2.45. The number of amides is 2. The summed E-state index contributed by atoms with van der Waals surface area (Å²) >= 11 is 0. The zero-order valence-corrected chi connectivity index (χ0v) is 18.2. The van der Waals surface area contributed by atoms with E-state index in [2.05, 4.69) is 45.7 Å². The Kier molecular flexibility index (Phi) is 6.53. The Hall–Kier alpha value is -2.90. The minimum absolute atomic E-state index is 0.00349. The molecule has 7 nitrogen and oxygen atoms in total. The van der Waals surface area contributed by atoms with E-state index in [4.69, 9.17) is 4.74 Å². The molecule has 7 heteroatoms. The van der Waals surface area contributed by atoms with Gasteiger partial charge in [-0.25, -0.2) is 0 Å². The molecule has 0 spiro atoms. The van der Waals surface area contributed by atoms with Crippen LogP contribution < -0.4 is 15.5 Å². The summed E-state index contributed by atoms with van der Waals surface area (Å²) in [5, 5.41) is 5.50. The molecule has 1 unspecified atom stereocenters. The molecule has 2 aromatic rings. The number of carbonyl (C=O) groups is 2. The first-order chi connectivity index (χ1) is 15.0. The molecule has 2 N–H and O–H groups in total. The van der Waals surface area contributed by atoms with Gasteiger partial charge < -0.3 is 20.3 Å². The van der Waals surface area contributed by atoms with Crippen LogP contribution in [-0.2, 0) is 20.7 Å². The van der Waals surface area contributed by atoms with Gasteiger partial charge in [-0.05, 0) is 42.7 Å². The van der Waals surface area contributed by atoms with Crippen LogP contribution in [0.5, 0.6) is 0 Å². The first kappa shape index (κ1) is 21.3. The molecule has 1 saturated heterocycles. The van der Waals surface area contributed by atoms with Crippen molar-refractivity contribution >= 4 is 23.2 Å². The topological polar surface area (TPSA) is 73.9 Å². The van der Waals surface area contributed by atoms with Crippen molar-refractivity contribution in [2.45, 2.75) is 19.4 Å². The average Bonchev–Trinajstić information content (AvgIpc) is 3.16. The molecular formula is C24H30N4O3. The Bertz CT molecular complexity index is 938. The third-order valence-electron chi connectivity index (χ3n) is 6.07. The van der Waals surface area contributed by atoms with Gasteiger partial charge in [-0.1, -0.05) is 29.8 Å². The van der Waals surface area contributed by atoms with E-state index in [9.17, 15) is 9.59 Å². The highest BCUT2D eigenvalue weighted by Crippen LogP contribution is 2.31. The molecule has 0 saturated carbocycles. The molecule has 1 atom stereocenters. The van der Waals surface area contributed by atoms with Crippen molar-refractivity contribution in [2.75, 3.05) is 56.7 Å². The second kappa shape index (κ2) is 9.49. The Morgan fingerprint density at radius 1 is 1.03 bits per heavy atom. The van der Waals surface area contributed by atoms with Crippen LogP contribution in [0.15, 0.2) is 42.5 Å². The first-order valence-corrected chi connectivity index (χ1v) is 10.8. The SMILES string of the molecule is Cc1ccc(NC(=O)C(=O)NCC(c2ccc3c(c2)CCN3C)N2CCOCC2)cc1. The maximum atomic E-state index is 12.5. The van der Waals surface area contributed by atoms with Crippen molar-refractivity contribution in [1.82, 2.24) is 10.2 Å². The number of rotatable bonds is 5. The minimum Gasteiger partial charge on any atom is -0.379 e. The Labute approximate surface area is 183 Å². The molecule has 1 fully saturated rings. The number of likely N-dealkylation sites (N-methyl/N-ethyl adjacent to an activating group) is 1. The minimum atomic E-state index is -0.653. The van der Waals surface area contributed by atoms with Crippen LogP contribution in [0.2, 0.25) is 0 Å². The fourth-order valence-corrected chi connectivity index (χ4v) is 4.24. The van der Waals surface area contributed by atoms with Gasteiger partial charge in [0.25, 0.3) is 0 Å². The standard InChI is InChI=1S/C24H30N4O3/c1-17-3-6-20(7-4-17)26-24(30)23(29)25-16-22(28-11-13-31-14-12-28)18-5-8-21-19(15-18)9-10-27(21)2/h3-8,15,22H,9-14,16H2,1-2H3,(H,25,29)(H,26,30). The number of hydrogen-bond acceptors (Lipinski definition) is 5. The molecule has 0 radical (unpaired) electrons. The Morgan fingerprint density at radius 3 is 2.52 bits per heavy atom. The number of benzene rings is 2. The molecule has 4 rings (SSSR count). The first-order valence-electron chi connectivity index (χ1n) is 10.8. The zero-order chi connectivity index (χ0) is 21.8.